The molecule has 1 aliphatic rings. The Hall–Kier alpha value is -2.50. The molecule has 0 bridgehead atoms. The van der Waals surface area contributed by atoms with E-state index in [9.17, 15) is 4.79 Å². The van der Waals surface area contributed by atoms with Gasteiger partial charge in [0.05, 0.1) is 12.1 Å². The Balaban J connectivity index is 1.87. The Kier molecular flexibility index (Phi) is 3.08. The number of carbonyl (C=O) groups is 1. The minimum absolute atomic E-state index is 0.0247. The predicted molar refractivity (Wildman–Crippen MR) is 79.8 cm³/mol. The molecule has 1 aliphatic heterocycles. The van der Waals surface area contributed by atoms with E-state index in [0.29, 0.717) is 12.4 Å². The molecule has 0 unspecified atom stereocenters. The van der Waals surface area contributed by atoms with E-state index in [2.05, 4.69) is 15.0 Å². The molecule has 108 valence electrons. The molecule has 2 aromatic rings. The minimum atomic E-state index is -0.190. The molecule has 0 aromatic carbocycles. The highest BCUT2D eigenvalue weighted by molar-refractivity contribution is 5.94. The maximum Gasteiger partial charge on any atom is 0.325 e. The Morgan fingerprint density at radius 3 is 2.33 bits per heavy atom. The van der Waals surface area contributed by atoms with E-state index >= 15 is 0 Å². The number of urea groups is 1. The summed E-state index contributed by atoms with van der Waals surface area (Å²) in [6, 6.07) is 3.76. The Labute approximate surface area is 123 Å². The standard InChI is InChI=1S/C15H17N5O/c1-15(2)9-20(14(21)19(15)3)13-5-4-11(8-18-13)12-6-16-10-17-7-12/h4-8,10H,9H2,1-3H3. The largest absolute Gasteiger partial charge is 0.325 e. The summed E-state index contributed by atoms with van der Waals surface area (Å²) in [6.45, 7) is 4.71. The fourth-order valence-electron chi connectivity index (χ4n) is 2.34. The number of carbonyl (C=O) groups excluding carboxylic acids is 1. The highest BCUT2D eigenvalue weighted by Gasteiger charge is 2.41. The van der Waals surface area contributed by atoms with Gasteiger partial charge in [-0.2, -0.15) is 0 Å². The summed E-state index contributed by atoms with van der Waals surface area (Å²) in [5, 5.41) is 0. The second-order valence-corrected chi connectivity index (χ2v) is 5.77. The number of hydrogen-bond donors (Lipinski definition) is 0. The molecule has 0 atom stereocenters. The van der Waals surface area contributed by atoms with Crippen molar-refractivity contribution < 1.29 is 4.79 Å². The Morgan fingerprint density at radius 2 is 1.81 bits per heavy atom. The van der Waals surface area contributed by atoms with E-state index in [1.165, 1.54) is 6.33 Å². The number of anilines is 1. The fraction of sp³-hybridized carbons (Fsp3) is 0.333. The van der Waals surface area contributed by atoms with Gasteiger partial charge in [0.1, 0.15) is 12.1 Å². The van der Waals surface area contributed by atoms with Crippen LogP contribution < -0.4 is 4.90 Å². The van der Waals surface area contributed by atoms with Gasteiger partial charge in [0.25, 0.3) is 0 Å². The molecule has 3 rings (SSSR count). The topological polar surface area (TPSA) is 62.2 Å². The van der Waals surface area contributed by atoms with Crippen LogP contribution in [0.1, 0.15) is 13.8 Å². The molecule has 1 fully saturated rings. The third-order valence-electron chi connectivity index (χ3n) is 3.89. The SMILES string of the molecule is CN1C(=O)N(c2ccc(-c3cncnc3)cn2)CC1(C)C. The molecule has 2 amide bonds. The highest BCUT2D eigenvalue weighted by Crippen LogP contribution is 2.28. The second-order valence-electron chi connectivity index (χ2n) is 5.77. The number of rotatable bonds is 2. The van der Waals surface area contributed by atoms with E-state index in [1.807, 2.05) is 33.0 Å². The smallest absolute Gasteiger partial charge is 0.320 e. The van der Waals surface area contributed by atoms with Crippen LogP contribution in [0.4, 0.5) is 10.6 Å². The van der Waals surface area contributed by atoms with Crippen molar-refractivity contribution in [3.8, 4) is 11.1 Å². The third-order valence-corrected chi connectivity index (χ3v) is 3.89. The predicted octanol–water partition coefficient (Wildman–Crippen LogP) is 2.19. The van der Waals surface area contributed by atoms with Crippen LogP contribution >= 0.6 is 0 Å². The van der Waals surface area contributed by atoms with Crippen LogP contribution in [0.25, 0.3) is 11.1 Å². The lowest BCUT2D eigenvalue weighted by atomic mass is 10.1. The molecule has 0 radical (unpaired) electrons. The van der Waals surface area contributed by atoms with Crippen molar-refractivity contribution in [2.75, 3.05) is 18.5 Å². The molecule has 6 heteroatoms. The average Bonchev–Trinajstić information content (AvgIpc) is 2.72. The number of nitrogens with zero attached hydrogens (tertiary/aromatic N) is 5. The van der Waals surface area contributed by atoms with Crippen molar-refractivity contribution in [3.63, 3.8) is 0 Å². The highest BCUT2D eigenvalue weighted by atomic mass is 16.2. The maximum absolute atomic E-state index is 12.3. The number of aromatic nitrogens is 3. The van der Waals surface area contributed by atoms with Crippen LogP contribution in [-0.2, 0) is 0 Å². The molecule has 3 heterocycles. The molecule has 0 N–H and O–H groups in total. The van der Waals surface area contributed by atoms with Crippen LogP contribution in [0.2, 0.25) is 0 Å². The summed E-state index contributed by atoms with van der Waals surface area (Å²) >= 11 is 0. The van der Waals surface area contributed by atoms with Gasteiger partial charge in [-0.3, -0.25) is 4.90 Å². The van der Waals surface area contributed by atoms with Gasteiger partial charge in [-0.25, -0.2) is 19.7 Å². The summed E-state index contributed by atoms with van der Waals surface area (Å²) in [4.78, 5) is 28.1. The summed E-state index contributed by atoms with van der Waals surface area (Å²) in [5.41, 5.74) is 1.64. The van der Waals surface area contributed by atoms with Crippen molar-refractivity contribution in [2.45, 2.75) is 19.4 Å². The monoisotopic (exact) mass is 283 g/mol. The fourth-order valence-corrected chi connectivity index (χ4v) is 2.34. The molecular weight excluding hydrogens is 266 g/mol. The van der Waals surface area contributed by atoms with Gasteiger partial charge < -0.3 is 4.90 Å². The molecule has 6 nitrogen and oxygen atoms in total. The van der Waals surface area contributed by atoms with Gasteiger partial charge in [0.15, 0.2) is 0 Å². The zero-order chi connectivity index (χ0) is 15.0. The van der Waals surface area contributed by atoms with Gasteiger partial charge in [-0.15, -0.1) is 0 Å². The van der Waals surface area contributed by atoms with Gasteiger partial charge >= 0.3 is 6.03 Å². The maximum atomic E-state index is 12.3. The summed E-state index contributed by atoms with van der Waals surface area (Å²) in [5.74, 6) is 0.665. The average molecular weight is 283 g/mol. The lowest BCUT2D eigenvalue weighted by Crippen LogP contribution is -2.38. The van der Waals surface area contributed by atoms with Crippen molar-refractivity contribution in [1.82, 2.24) is 19.9 Å². The Bertz CT molecular complexity index is 654. The number of pyridine rings is 1. The second kappa shape index (κ2) is 4.80. The van der Waals surface area contributed by atoms with Gasteiger partial charge in [-0.05, 0) is 26.0 Å². The van der Waals surface area contributed by atoms with Crippen molar-refractivity contribution in [1.29, 1.82) is 0 Å². The number of hydrogen-bond acceptors (Lipinski definition) is 4. The van der Waals surface area contributed by atoms with E-state index in [0.717, 1.165) is 11.1 Å². The lowest BCUT2D eigenvalue weighted by molar-refractivity contribution is 0.198. The van der Waals surface area contributed by atoms with Crippen LogP contribution in [0.5, 0.6) is 0 Å². The molecule has 0 aliphatic carbocycles. The van der Waals surface area contributed by atoms with E-state index in [4.69, 9.17) is 0 Å². The molecular formula is C15H17N5O. The van der Waals surface area contributed by atoms with E-state index < -0.39 is 0 Å². The number of amides is 2. The van der Waals surface area contributed by atoms with Gasteiger partial charge in [0.2, 0.25) is 0 Å². The van der Waals surface area contributed by atoms with Gasteiger partial charge in [-0.1, -0.05) is 0 Å². The van der Waals surface area contributed by atoms with Gasteiger partial charge in [0, 0.05) is 36.8 Å². The zero-order valence-corrected chi connectivity index (χ0v) is 12.3. The van der Waals surface area contributed by atoms with E-state index in [-0.39, 0.29) is 11.6 Å². The summed E-state index contributed by atoms with van der Waals surface area (Å²) in [6.07, 6.45) is 6.71. The van der Waals surface area contributed by atoms with Crippen molar-refractivity contribution in [3.05, 3.63) is 37.1 Å². The van der Waals surface area contributed by atoms with Crippen LogP contribution in [-0.4, -0.2) is 45.0 Å². The lowest BCUT2D eigenvalue weighted by Gasteiger charge is -2.24. The first-order valence-corrected chi connectivity index (χ1v) is 6.76. The summed E-state index contributed by atoms with van der Waals surface area (Å²) in [7, 11) is 1.82. The summed E-state index contributed by atoms with van der Waals surface area (Å²) < 4.78 is 0. The van der Waals surface area contributed by atoms with E-state index in [1.54, 1.807) is 28.4 Å². The first-order valence-electron chi connectivity index (χ1n) is 6.76. The van der Waals surface area contributed by atoms with Crippen LogP contribution in [0, 0.1) is 0 Å². The number of likely N-dealkylation sites (N-methyl/N-ethyl adjacent to an activating group) is 1. The molecule has 0 spiro atoms. The zero-order valence-electron chi connectivity index (χ0n) is 12.3. The molecule has 21 heavy (non-hydrogen) atoms. The molecule has 1 saturated heterocycles. The van der Waals surface area contributed by atoms with Crippen molar-refractivity contribution in [2.24, 2.45) is 0 Å². The third kappa shape index (κ3) is 2.33. The first-order chi connectivity index (χ1) is 9.99. The molecule has 0 saturated carbocycles. The van der Waals surface area contributed by atoms with Crippen molar-refractivity contribution >= 4 is 11.8 Å². The minimum Gasteiger partial charge on any atom is -0.320 e. The quantitative estimate of drug-likeness (QED) is 0.847. The normalized spacial score (nSPS) is 17.4. The molecule has 2 aromatic heterocycles. The Morgan fingerprint density at radius 1 is 1.10 bits per heavy atom. The van der Waals surface area contributed by atoms with Crippen LogP contribution in [0.3, 0.4) is 0 Å². The first kappa shape index (κ1) is 13.5. The van der Waals surface area contributed by atoms with Crippen LogP contribution in [0.15, 0.2) is 37.1 Å².